The van der Waals surface area contributed by atoms with Gasteiger partial charge < -0.3 is 5.32 Å². The Bertz CT molecular complexity index is 1030. The molecule has 0 unspecified atom stereocenters. The number of aromatic nitrogens is 6. The summed E-state index contributed by atoms with van der Waals surface area (Å²) < 4.78 is 3.29. The van der Waals surface area contributed by atoms with E-state index in [1.165, 1.54) is 11.0 Å². The SMILES string of the molecule is O=C(NCCc1cnn(-c2ccccc2)c1)c1ccccc1-n1cnnn1. The molecule has 4 aromatic rings. The lowest BCUT2D eigenvalue weighted by Crippen LogP contribution is -2.26. The zero-order valence-corrected chi connectivity index (χ0v) is 14.4. The van der Waals surface area contributed by atoms with E-state index in [9.17, 15) is 4.79 Å². The highest BCUT2D eigenvalue weighted by atomic mass is 16.1. The van der Waals surface area contributed by atoms with E-state index in [0.717, 1.165) is 11.3 Å². The number of nitrogens with zero attached hydrogens (tertiary/aromatic N) is 6. The van der Waals surface area contributed by atoms with Gasteiger partial charge in [-0.1, -0.05) is 30.3 Å². The van der Waals surface area contributed by atoms with E-state index in [0.29, 0.717) is 24.2 Å². The number of hydrogen-bond donors (Lipinski definition) is 1. The van der Waals surface area contributed by atoms with Gasteiger partial charge in [0.15, 0.2) is 0 Å². The fourth-order valence-electron chi connectivity index (χ4n) is 2.76. The molecule has 2 aromatic carbocycles. The van der Waals surface area contributed by atoms with Crippen molar-refractivity contribution in [1.29, 1.82) is 0 Å². The van der Waals surface area contributed by atoms with E-state index in [-0.39, 0.29) is 5.91 Å². The van der Waals surface area contributed by atoms with Crippen LogP contribution >= 0.6 is 0 Å². The smallest absolute Gasteiger partial charge is 0.253 e. The number of rotatable bonds is 6. The standard InChI is InChI=1S/C19H17N7O/c27-19(17-8-4-5-9-18(17)26-14-21-23-24-26)20-11-10-15-12-22-25(13-15)16-6-2-1-3-7-16/h1-9,12-14H,10-11H2,(H,20,27). The highest BCUT2D eigenvalue weighted by Crippen LogP contribution is 2.12. The molecule has 2 aromatic heterocycles. The van der Waals surface area contributed by atoms with Gasteiger partial charge in [-0.2, -0.15) is 9.78 Å². The summed E-state index contributed by atoms with van der Waals surface area (Å²) in [5.41, 5.74) is 3.21. The molecule has 0 aliphatic heterocycles. The molecule has 134 valence electrons. The van der Waals surface area contributed by atoms with E-state index >= 15 is 0 Å². The van der Waals surface area contributed by atoms with Crippen molar-refractivity contribution in [3.63, 3.8) is 0 Å². The van der Waals surface area contributed by atoms with Crippen molar-refractivity contribution in [3.8, 4) is 11.4 Å². The van der Waals surface area contributed by atoms with Gasteiger partial charge in [0, 0.05) is 12.7 Å². The number of tetrazole rings is 1. The Morgan fingerprint density at radius 3 is 2.63 bits per heavy atom. The Balaban J connectivity index is 1.39. The summed E-state index contributed by atoms with van der Waals surface area (Å²) in [6.45, 7) is 0.503. The molecule has 8 heteroatoms. The van der Waals surface area contributed by atoms with Crippen LogP contribution in [-0.2, 0) is 6.42 Å². The third-order valence-electron chi connectivity index (χ3n) is 4.10. The van der Waals surface area contributed by atoms with Crippen LogP contribution in [0.25, 0.3) is 11.4 Å². The van der Waals surface area contributed by atoms with Crippen LogP contribution in [0.15, 0.2) is 73.3 Å². The maximum absolute atomic E-state index is 12.6. The average Bonchev–Trinajstić information content (AvgIpc) is 3.41. The van der Waals surface area contributed by atoms with E-state index in [1.54, 1.807) is 12.1 Å². The first-order valence-electron chi connectivity index (χ1n) is 8.51. The normalized spacial score (nSPS) is 10.7. The van der Waals surface area contributed by atoms with E-state index in [2.05, 4.69) is 25.9 Å². The van der Waals surface area contributed by atoms with E-state index in [4.69, 9.17) is 0 Å². The van der Waals surface area contributed by atoms with Crippen molar-refractivity contribution in [3.05, 3.63) is 84.4 Å². The minimum Gasteiger partial charge on any atom is -0.352 e. The fourth-order valence-corrected chi connectivity index (χ4v) is 2.76. The molecule has 0 fully saturated rings. The molecule has 0 bridgehead atoms. The van der Waals surface area contributed by atoms with Crippen LogP contribution in [0.2, 0.25) is 0 Å². The van der Waals surface area contributed by atoms with Gasteiger partial charge in [0.1, 0.15) is 6.33 Å². The van der Waals surface area contributed by atoms with Crippen LogP contribution in [-0.4, -0.2) is 42.4 Å². The molecule has 0 aliphatic carbocycles. The zero-order valence-electron chi connectivity index (χ0n) is 14.4. The average molecular weight is 359 g/mol. The van der Waals surface area contributed by atoms with Crippen LogP contribution in [0.1, 0.15) is 15.9 Å². The molecule has 0 spiro atoms. The van der Waals surface area contributed by atoms with Crippen LogP contribution < -0.4 is 5.32 Å². The molecule has 0 saturated heterocycles. The largest absolute Gasteiger partial charge is 0.352 e. The summed E-state index contributed by atoms with van der Waals surface area (Å²) in [6, 6.07) is 17.1. The molecule has 8 nitrogen and oxygen atoms in total. The van der Waals surface area contributed by atoms with E-state index in [1.807, 2.05) is 59.5 Å². The molecular weight excluding hydrogens is 342 g/mol. The lowest BCUT2D eigenvalue weighted by atomic mass is 10.1. The number of benzene rings is 2. The molecule has 0 radical (unpaired) electrons. The van der Waals surface area contributed by atoms with Gasteiger partial charge in [0.25, 0.3) is 5.91 Å². The number of amides is 1. The van der Waals surface area contributed by atoms with Crippen molar-refractivity contribution in [1.82, 2.24) is 35.3 Å². The molecule has 2 heterocycles. The fraction of sp³-hybridized carbons (Fsp3) is 0.105. The minimum atomic E-state index is -0.170. The number of hydrogen-bond acceptors (Lipinski definition) is 5. The number of nitrogens with one attached hydrogen (secondary N) is 1. The van der Waals surface area contributed by atoms with Gasteiger partial charge >= 0.3 is 0 Å². The number of carbonyl (C=O) groups excluding carboxylic acids is 1. The topological polar surface area (TPSA) is 90.5 Å². The molecule has 4 rings (SSSR count). The van der Waals surface area contributed by atoms with Gasteiger partial charge in [-0.15, -0.1) is 5.10 Å². The first-order valence-corrected chi connectivity index (χ1v) is 8.51. The van der Waals surface area contributed by atoms with Crippen molar-refractivity contribution < 1.29 is 4.79 Å². The first-order chi connectivity index (χ1) is 13.3. The highest BCUT2D eigenvalue weighted by Gasteiger charge is 2.13. The Kier molecular flexibility index (Phi) is 4.69. The molecule has 0 saturated carbocycles. The summed E-state index contributed by atoms with van der Waals surface area (Å²) in [6.07, 6.45) is 5.93. The maximum atomic E-state index is 12.6. The van der Waals surface area contributed by atoms with Gasteiger partial charge in [0.2, 0.25) is 0 Å². The van der Waals surface area contributed by atoms with E-state index < -0.39 is 0 Å². The van der Waals surface area contributed by atoms with Crippen LogP contribution in [0.4, 0.5) is 0 Å². The predicted molar refractivity (Wildman–Crippen MR) is 98.8 cm³/mol. The molecule has 0 atom stereocenters. The molecule has 1 amide bonds. The van der Waals surface area contributed by atoms with Crippen molar-refractivity contribution in [2.24, 2.45) is 0 Å². The Morgan fingerprint density at radius 1 is 1.00 bits per heavy atom. The van der Waals surface area contributed by atoms with Crippen LogP contribution in [0.5, 0.6) is 0 Å². The zero-order chi connectivity index (χ0) is 18.5. The first kappa shape index (κ1) is 16.6. The summed E-state index contributed by atoms with van der Waals surface area (Å²) in [4.78, 5) is 12.6. The summed E-state index contributed by atoms with van der Waals surface area (Å²) in [5, 5.41) is 18.4. The maximum Gasteiger partial charge on any atom is 0.253 e. The minimum absolute atomic E-state index is 0.170. The quantitative estimate of drug-likeness (QED) is 0.567. The van der Waals surface area contributed by atoms with Crippen LogP contribution in [0.3, 0.4) is 0 Å². The third-order valence-corrected chi connectivity index (χ3v) is 4.10. The highest BCUT2D eigenvalue weighted by molar-refractivity contribution is 5.97. The van der Waals surface area contributed by atoms with Gasteiger partial charge in [-0.25, -0.2) is 4.68 Å². The Labute approximate surface area is 155 Å². The lowest BCUT2D eigenvalue weighted by Gasteiger charge is -2.08. The lowest BCUT2D eigenvalue weighted by molar-refractivity contribution is 0.0954. The summed E-state index contributed by atoms with van der Waals surface area (Å²) in [7, 11) is 0. The van der Waals surface area contributed by atoms with Crippen LogP contribution in [0, 0.1) is 0 Å². The second-order valence-corrected chi connectivity index (χ2v) is 5.91. The Morgan fingerprint density at radius 2 is 1.81 bits per heavy atom. The second kappa shape index (κ2) is 7.61. The third kappa shape index (κ3) is 3.74. The van der Waals surface area contributed by atoms with Crippen molar-refractivity contribution >= 4 is 5.91 Å². The summed E-state index contributed by atoms with van der Waals surface area (Å²) >= 11 is 0. The predicted octanol–water partition coefficient (Wildman–Crippen LogP) is 1.82. The molecular formula is C19H17N7O. The van der Waals surface area contributed by atoms with Crippen molar-refractivity contribution in [2.45, 2.75) is 6.42 Å². The van der Waals surface area contributed by atoms with Crippen molar-refractivity contribution in [2.75, 3.05) is 6.54 Å². The van der Waals surface area contributed by atoms with Gasteiger partial charge in [0.05, 0.1) is 23.1 Å². The monoisotopic (exact) mass is 359 g/mol. The number of carbonyl (C=O) groups is 1. The summed E-state index contributed by atoms with van der Waals surface area (Å²) in [5.74, 6) is -0.170. The molecule has 0 aliphatic rings. The molecule has 1 N–H and O–H groups in total. The Hall–Kier alpha value is -3.81. The van der Waals surface area contributed by atoms with Gasteiger partial charge in [-0.05, 0) is 46.7 Å². The molecule has 27 heavy (non-hydrogen) atoms. The number of para-hydroxylation sites is 2. The second-order valence-electron chi connectivity index (χ2n) is 5.91. The van der Waals surface area contributed by atoms with Gasteiger partial charge in [-0.3, -0.25) is 4.79 Å².